The van der Waals surface area contributed by atoms with Gasteiger partial charge in [-0.3, -0.25) is 4.90 Å². The smallest absolute Gasteiger partial charge is 0.328 e. The summed E-state index contributed by atoms with van der Waals surface area (Å²) in [5, 5.41) is 9.04. The SMILES string of the molecule is CCCCN1CCN(c2cc(C=CC(=O)O)ccc2C2CCC(C(C)(C)C)CC2)CC1. The van der Waals surface area contributed by atoms with Crippen LogP contribution in [0.1, 0.15) is 83.3 Å². The molecule has 0 aromatic heterocycles. The van der Waals surface area contributed by atoms with Crippen LogP contribution in [0.5, 0.6) is 0 Å². The van der Waals surface area contributed by atoms with Gasteiger partial charge in [-0.05, 0) is 79.2 Å². The maximum atomic E-state index is 11.0. The second-order valence-corrected chi connectivity index (χ2v) is 10.6. The number of hydrogen-bond acceptors (Lipinski definition) is 3. The number of aliphatic carboxylic acids is 1. The standard InChI is InChI=1S/C27H42N2O2/c1-5-6-15-28-16-18-29(19-17-28)25-20-21(8-14-26(30)31)7-13-24(25)22-9-11-23(12-10-22)27(2,3)4/h7-8,13-14,20,22-23H,5-6,9-12,15-19H2,1-4H3,(H,30,31). The lowest BCUT2D eigenvalue weighted by atomic mass is 9.68. The van der Waals surface area contributed by atoms with Crippen LogP contribution in [0.2, 0.25) is 0 Å². The van der Waals surface area contributed by atoms with Crippen molar-refractivity contribution in [2.75, 3.05) is 37.6 Å². The molecule has 4 heteroatoms. The van der Waals surface area contributed by atoms with Gasteiger partial charge in [0, 0.05) is 37.9 Å². The molecule has 1 aromatic rings. The van der Waals surface area contributed by atoms with Gasteiger partial charge in [-0.15, -0.1) is 0 Å². The molecule has 1 aromatic carbocycles. The quantitative estimate of drug-likeness (QED) is 0.541. The highest BCUT2D eigenvalue weighted by molar-refractivity contribution is 5.85. The summed E-state index contributed by atoms with van der Waals surface area (Å²) in [6.07, 6.45) is 10.6. The van der Waals surface area contributed by atoms with Gasteiger partial charge in [0.05, 0.1) is 0 Å². The Bertz CT molecular complexity index is 749. The molecular formula is C27H42N2O2. The Morgan fingerprint density at radius 1 is 1.10 bits per heavy atom. The third-order valence-electron chi connectivity index (χ3n) is 7.41. The number of carboxylic acids is 1. The minimum absolute atomic E-state index is 0.397. The maximum absolute atomic E-state index is 11.0. The highest BCUT2D eigenvalue weighted by Crippen LogP contribution is 2.45. The van der Waals surface area contributed by atoms with E-state index in [9.17, 15) is 4.79 Å². The van der Waals surface area contributed by atoms with Crippen LogP contribution in [0.4, 0.5) is 5.69 Å². The van der Waals surface area contributed by atoms with E-state index in [2.05, 4.69) is 55.7 Å². The number of hydrogen-bond donors (Lipinski definition) is 1. The molecule has 1 saturated carbocycles. The average Bonchev–Trinajstić information content (AvgIpc) is 2.76. The Morgan fingerprint density at radius 3 is 2.35 bits per heavy atom. The van der Waals surface area contributed by atoms with Crippen LogP contribution in [0, 0.1) is 11.3 Å². The van der Waals surface area contributed by atoms with E-state index in [1.54, 1.807) is 6.08 Å². The molecule has 1 saturated heterocycles. The van der Waals surface area contributed by atoms with Crippen LogP contribution in [-0.4, -0.2) is 48.7 Å². The molecule has 2 fully saturated rings. The van der Waals surface area contributed by atoms with Crippen LogP contribution in [0.3, 0.4) is 0 Å². The molecule has 1 aliphatic heterocycles. The summed E-state index contributed by atoms with van der Waals surface area (Å²) < 4.78 is 0. The minimum atomic E-state index is -0.893. The lowest BCUT2D eigenvalue weighted by Crippen LogP contribution is -2.47. The predicted octanol–water partition coefficient (Wildman–Crippen LogP) is 6.03. The van der Waals surface area contributed by atoms with Gasteiger partial charge in [-0.2, -0.15) is 0 Å². The molecule has 0 amide bonds. The molecule has 0 radical (unpaired) electrons. The van der Waals surface area contributed by atoms with Crippen LogP contribution in [-0.2, 0) is 4.79 Å². The van der Waals surface area contributed by atoms with Crippen molar-refractivity contribution < 1.29 is 9.90 Å². The number of nitrogens with zero attached hydrogens (tertiary/aromatic N) is 2. The topological polar surface area (TPSA) is 43.8 Å². The summed E-state index contributed by atoms with van der Waals surface area (Å²) in [7, 11) is 0. The molecule has 4 nitrogen and oxygen atoms in total. The van der Waals surface area contributed by atoms with Crippen molar-refractivity contribution in [1.82, 2.24) is 4.90 Å². The summed E-state index contributed by atoms with van der Waals surface area (Å²) >= 11 is 0. The van der Waals surface area contributed by atoms with Gasteiger partial charge in [0.1, 0.15) is 0 Å². The minimum Gasteiger partial charge on any atom is -0.478 e. The monoisotopic (exact) mass is 426 g/mol. The number of benzene rings is 1. The van der Waals surface area contributed by atoms with E-state index in [0.717, 1.165) is 37.7 Å². The van der Waals surface area contributed by atoms with Crippen LogP contribution in [0.25, 0.3) is 6.08 Å². The van der Waals surface area contributed by atoms with E-state index in [1.807, 2.05) is 0 Å². The third kappa shape index (κ3) is 6.58. The molecule has 0 unspecified atom stereocenters. The molecule has 31 heavy (non-hydrogen) atoms. The van der Waals surface area contributed by atoms with Gasteiger partial charge in [0.25, 0.3) is 0 Å². The van der Waals surface area contributed by atoms with E-state index in [-0.39, 0.29) is 0 Å². The molecule has 3 rings (SSSR count). The summed E-state index contributed by atoms with van der Waals surface area (Å²) in [4.78, 5) is 16.1. The second-order valence-electron chi connectivity index (χ2n) is 10.6. The number of carboxylic acid groups (broad SMARTS) is 1. The zero-order valence-corrected chi connectivity index (χ0v) is 20.1. The summed E-state index contributed by atoms with van der Waals surface area (Å²) in [6, 6.07) is 6.61. The Balaban J connectivity index is 1.78. The first-order valence-corrected chi connectivity index (χ1v) is 12.3. The Labute approximate surface area is 189 Å². The molecule has 1 heterocycles. The highest BCUT2D eigenvalue weighted by Gasteiger charge is 2.32. The lowest BCUT2D eigenvalue weighted by Gasteiger charge is -2.40. The van der Waals surface area contributed by atoms with E-state index in [4.69, 9.17) is 5.11 Å². The fraction of sp³-hybridized carbons (Fsp3) is 0.667. The molecule has 0 spiro atoms. The molecular weight excluding hydrogens is 384 g/mol. The zero-order valence-electron chi connectivity index (χ0n) is 20.1. The first-order chi connectivity index (χ1) is 14.8. The van der Waals surface area contributed by atoms with Crippen molar-refractivity contribution in [3.63, 3.8) is 0 Å². The van der Waals surface area contributed by atoms with Crippen molar-refractivity contribution in [1.29, 1.82) is 0 Å². The van der Waals surface area contributed by atoms with Crippen molar-refractivity contribution in [3.8, 4) is 0 Å². The molecule has 1 N–H and O–H groups in total. The molecule has 0 bridgehead atoms. The van der Waals surface area contributed by atoms with Gasteiger partial charge in [-0.1, -0.05) is 46.2 Å². The molecule has 0 atom stereocenters. The van der Waals surface area contributed by atoms with Gasteiger partial charge in [0.15, 0.2) is 0 Å². The first-order valence-electron chi connectivity index (χ1n) is 12.3. The van der Waals surface area contributed by atoms with Crippen molar-refractivity contribution in [3.05, 3.63) is 35.4 Å². The van der Waals surface area contributed by atoms with Crippen LogP contribution < -0.4 is 4.90 Å². The van der Waals surface area contributed by atoms with Crippen LogP contribution >= 0.6 is 0 Å². The van der Waals surface area contributed by atoms with Gasteiger partial charge in [0.2, 0.25) is 0 Å². The van der Waals surface area contributed by atoms with Gasteiger partial charge in [-0.25, -0.2) is 4.79 Å². The Kier molecular flexibility index (Phi) is 8.21. The summed E-state index contributed by atoms with van der Waals surface area (Å²) in [5.41, 5.74) is 4.19. The summed E-state index contributed by atoms with van der Waals surface area (Å²) in [6.45, 7) is 14.9. The van der Waals surface area contributed by atoms with E-state index in [0.29, 0.717) is 11.3 Å². The highest BCUT2D eigenvalue weighted by atomic mass is 16.4. The van der Waals surface area contributed by atoms with Crippen molar-refractivity contribution >= 4 is 17.7 Å². The Hall–Kier alpha value is -1.81. The first kappa shape index (κ1) is 23.8. The molecule has 2 aliphatic rings. The van der Waals surface area contributed by atoms with Crippen LogP contribution in [0.15, 0.2) is 24.3 Å². The molecule has 1 aliphatic carbocycles. The normalized spacial score (nSPS) is 23.4. The summed E-state index contributed by atoms with van der Waals surface area (Å²) in [5.74, 6) is 0.534. The number of piperazine rings is 1. The number of rotatable bonds is 7. The fourth-order valence-corrected chi connectivity index (χ4v) is 5.32. The lowest BCUT2D eigenvalue weighted by molar-refractivity contribution is -0.131. The number of carbonyl (C=O) groups is 1. The van der Waals surface area contributed by atoms with Gasteiger partial charge < -0.3 is 10.0 Å². The fourth-order valence-electron chi connectivity index (χ4n) is 5.32. The van der Waals surface area contributed by atoms with E-state index >= 15 is 0 Å². The van der Waals surface area contributed by atoms with Crippen molar-refractivity contribution in [2.45, 2.75) is 72.1 Å². The van der Waals surface area contributed by atoms with E-state index in [1.165, 1.54) is 62.4 Å². The van der Waals surface area contributed by atoms with Gasteiger partial charge >= 0.3 is 5.97 Å². The third-order valence-corrected chi connectivity index (χ3v) is 7.41. The second kappa shape index (κ2) is 10.7. The predicted molar refractivity (Wildman–Crippen MR) is 131 cm³/mol. The maximum Gasteiger partial charge on any atom is 0.328 e. The number of anilines is 1. The number of unbranched alkanes of at least 4 members (excludes halogenated alkanes) is 1. The molecule has 172 valence electrons. The Morgan fingerprint density at radius 2 is 1.77 bits per heavy atom. The zero-order chi connectivity index (χ0) is 22.4. The van der Waals surface area contributed by atoms with E-state index < -0.39 is 5.97 Å². The van der Waals surface area contributed by atoms with Crippen molar-refractivity contribution in [2.24, 2.45) is 11.3 Å². The average molecular weight is 427 g/mol. The largest absolute Gasteiger partial charge is 0.478 e.